The second-order valence-corrected chi connectivity index (χ2v) is 3.16. The van der Waals surface area contributed by atoms with Gasteiger partial charge in [-0.2, -0.15) is 0 Å². The molecule has 0 spiro atoms. The molecule has 3 nitrogen and oxygen atoms in total. The summed E-state index contributed by atoms with van der Waals surface area (Å²) in [6.07, 6.45) is -1.42. The summed E-state index contributed by atoms with van der Waals surface area (Å²) in [7, 11) is 0. The largest absolute Gasteiger partial charge is 0.488 e. The second kappa shape index (κ2) is 4.45. The fourth-order valence-electron chi connectivity index (χ4n) is 0.702. The summed E-state index contributed by atoms with van der Waals surface area (Å²) in [5.41, 5.74) is 0. The van der Waals surface area contributed by atoms with Crippen LogP contribution in [0.25, 0.3) is 0 Å². The van der Waals surface area contributed by atoms with Gasteiger partial charge in [-0.3, -0.25) is 0 Å². The third kappa shape index (κ3) is 3.21. The number of aliphatic hydroxyl groups excluding tert-OH is 1. The van der Waals surface area contributed by atoms with E-state index in [9.17, 15) is 0 Å². The topological polar surface area (TPSA) is 49.7 Å². The van der Waals surface area contributed by atoms with Crippen LogP contribution in [0.2, 0.25) is 0 Å². The van der Waals surface area contributed by atoms with Crippen LogP contribution in [0.3, 0.4) is 0 Å². The number of benzene rings is 1. The molecule has 0 saturated carbocycles. The van der Waals surface area contributed by atoms with Gasteiger partial charge in [0.15, 0.2) is 6.29 Å². The molecule has 0 bridgehead atoms. The van der Waals surface area contributed by atoms with Crippen LogP contribution in [0.4, 0.5) is 0 Å². The van der Waals surface area contributed by atoms with Gasteiger partial charge in [0.05, 0.1) is 0 Å². The maximum Gasteiger partial charge on any atom is 0.186 e. The third-order valence-electron chi connectivity index (χ3n) is 1.21. The van der Waals surface area contributed by atoms with Crippen LogP contribution >= 0.6 is 15.9 Å². The Labute approximate surface area is 78.7 Å². The Morgan fingerprint density at radius 1 is 1.25 bits per heavy atom. The lowest BCUT2D eigenvalue weighted by Gasteiger charge is -2.06. The van der Waals surface area contributed by atoms with E-state index < -0.39 is 6.29 Å². The first-order chi connectivity index (χ1) is 5.68. The average molecular weight is 233 g/mol. The van der Waals surface area contributed by atoms with Gasteiger partial charge in [-0.05, 0) is 24.3 Å². The van der Waals surface area contributed by atoms with Gasteiger partial charge in [0.25, 0.3) is 0 Å². The fourth-order valence-corrected chi connectivity index (χ4v) is 0.966. The van der Waals surface area contributed by atoms with Crippen molar-refractivity contribution in [3.8, 4) is 5.75 Å². The zero-order valence-electron chi connectivity index (χ0n) is 6.27. The average Bonchev–Trinajstić information content (AvgIpc) is 2.03. The Morgan fingerprint density at radius 3 is 2.33 bits per heavy atom. The smallest absolute Gasteiger partial charge is 0.186 e. The van der Waals surface area contributed by atoms with E-state index in [0.717, 1.165) is 4.47 Å². The molecule has 0 aliphatic heterocycles. The summed E-state index contributed by atoms with van der Waals surface area (Å²) < 4.78 is 5.96. The van der Waals surface area contributed by atoms with Gasteiger partial charge >= 0.3 is 0 Å². The maximum atomic E-state index is 8.49. The van der Waals surface area contributed by atoms with Gasteiger partial charge in [0.1, 0.15) is 12.4 Å². The molecule has 0 amide bonds. The summed E-state index contributed by atoms with van der Waals surface area (Å²) in [5, 5.41) is 17.0. The lowest BCUT2D eigenvalue weighted by atomic mass is 10.3. The van der Waals surface area contributed by atoms with Crippen molar-refractivity contribution in [2.45, 2.75) is 6.29 Å². The van der Waals surface area contributed by atoms with Crippen molar-refractivity contribution >= 4 is 15.9 Å². The summed E-state index contributed by atoms with van der Waals surface area (Å²) in [5.74, 6) is 0.617. The molecular formula is C8H9BrO3. The number of hydrogen-bond acceptors (Lipinski definition) is 3. The molecule has 0 atom stereocenters. The van der Waals surface area contributed by atoms with Gasteiger partial charge < -0.3 is 14.9 Å². The highest BCUT2D eigenvalue weighted by atomic mass is 79.9. The number of halogens is 1. The number of aliphatic hydroxyl groups is 2. The Morgan fingerprint density at radius 2 is 1.83 bits per heavy atom. The first-order valence-electron chi connectivity index (χ1n) is 3.43. The summed E-state index contributed by atoms with van der Waals surface area (Å²) in [4.78, 5) is 0. The summed E-state index contributed by atoms with van der Waals surface area (Å²) >= 11 is 3.27. The van der Waals surface area contributed by atoms with E-state index in [1.165, 1.54) is 0 Å². The quantitative estimate of drug-likeness (QED) is 0.769. The molecule has 2 N–H and O–H groups in total. The van der Waals surface area contributed by atoms with Crippen molar-refractivity contribution in [2.75, 3.05) is 6.61 Å². The molecule has 12 heavy (non-hydrogen) atoms. The van der Waals surface area contributed by atoms with Crippen LogP contribution in [0, 0.1) is 0 Å². The van der Waals surface area contributed by atoms with Crippen LogP contribution in [0.5, 0.6) is 5.75 Å². The molecule has 1 aromatic rings. The van der Waals surface area contributed by atoms with Crippen molar-refractivity contribution in [1.29, 1.82) is 0 Å². The van der Waals surface area contributed by atoms with E-state index in [2.05, 4.69) is 15.9 Å². The highest BCUT2D eigenvalue weighted by molar-refractivity contribution is 9.10. The minimum absolute atomic E-state index is 0.109. The SMILES string of the molecule is OC(O)COc1ccc(Br)cc1. The van der Waals surface area contributed by atoms with Crippen LogP contribution in [0.1, 0.15) is 0 Å². The van der Waals surface area contributed by atoms with Gasteiger partial charge in [-0.25, -0.2) is 0 Å². The molecule has 0 heterocycles. The Hall–Kier alpha value is -0.580. The predicted octanol–water partition coefficient (Wildman–Crippen LogP) is 1.14. The Bertz CT molecular complexity index is 233. The molecule has 4 heteroatoms. The molecule has 0 radical (unpaired) electrons. The van der Waals surface area contributed by atoms with Crippen molar-refractivity contribution in [2.24, 2.45) is 0 Å². The molecule has 0 aliphatic rings. The highest BCUT2D eigenvalue weighted by Crippen LogP contribution is 2.15. The normalized spacial score (nSPS) is 10.3. The first kappa shape index (κ1) is 9.51. The third-order valence-corrected chi connectivity index (χ3v) is 1.74. The van der Waals surface area contributed by atoms with Gasteiger partial charge in [0.2, 0.25) is 0 Å². The summed E-state index contributed by atoms with van der Waals surface area (Å²) in [6.45, 7) is -0.109. The van der Waals surface area contributed by atoms with Gasteiger partial charge in [-0.15, -0.1) is 0 Å². The second-order valence-electron chi connectivity index (χ2n) is 2.25. The molecule has 0 fully saturated rings. The van der Waals surface area contributed by atoms with Crippen LogP contribution in [-0.4, -0.2) is 23.1 Å². The van der Waals surface area contributed by atoms with Gasteiger partial charge in [0, 0.05) is 4.47 Å². The Balaban J connectivity index is 2.48. The van der Waals surface area contributed by atoms with E-state index in [4.69, 9.17) is 14.9 Å². The molecule has 0 aromatic heterocycles. The van der Waals surface area contributed by atoms with Crippen molar-refractivity contribution in [3.63, 3.8) is 0 Å². The molecule has 66 valence electrons. The number of ether oxygens (including phenoxy) is 1. The van der Waals surface area contributed by atoms with E-state index in [0.29, 0.717) is 5.75 Å². The van der Waals surface area contributed by atoms with Crippen molar-refractivity contribution in [1.82, 2.24) is 0 Å². The lowest BCUT2D eigenvalue weighted by molar-refractivity contribution is -0.0680. The monoisotopic (exact) mass is 232 g/mol. The Kier molecular flexibility index (Phi) is 3.52. The van der Waals surface area contributed by atoms with Crippen LogP contribution in [-0.2, 0) is 0 Å². The van der Waals surface area contributed by atoms with E-state index in [1.807, 2.05) is 12.1 Å². The fraction of sp³-hybridized carbons (Fsp3) is 0.250. The van der Waals surface area contributed by atoms with Crippen molar-refractivity contribution < 1.29 is 14.9 Å². The van der Waals surface area contributed by atoms with E-state index >= 15 is 0 Å². The minimum atomic E-state index is -1.42. The summed E-state index contributed by atoms with van der Waals surface area (Å²) in [6, 6.07) is 7.12. The van der Waals surface area contributed by atoms with Crippen LogP contribution < -0.4 is 4.74 Å². The van der Waals surface area contributed by atoms with Gasteiger partial charge in [-0.1, -0.05) is 15.9 Å². The zero-order valence-corrected chi connectivity index (χ0v) is 7.86. The minimum Gasteiger partial charge on any atom is -0.488 e. The molecule has 0 saturated heterocycles. The first-order valence-corrected chi connectivity index (χ1v) is 4.22. The lowest BCUT2D eigenvalue weighted by Crippen LogP contribution is -2.15. The van der Waals surface area contributed by atoms with Crippen LogP contribution in [0.15, 0.2) is 28.7 Å². The van der Waals surface area contributed by atoms with E-state index in [-0.39, 0.29) is 6.61 Å². The molecule has 0 unspecified atom stereocenters. The maximum absolute atomic E-state index is 8.49. The molecule has 1 rings (SSSR count). The van der Waals surface area contributed by atoms with E-state index in [1.54, 1.807) is 12.1 Å². The number of hydrogen-bond donors (Lipinski definition) is 2. The predicted molar refractivity (Wildman–Crippen MR) is 47.9 cm³/mol. The molecule has 1 aromatic carbocycles. The van der Waals surface area contributed by atoms with Crippen molar-refractivity contribution in [3.05, 3.63) is 28.7 Å². The molecule has 0 aliphatic carbocycles. The zero-order chi connectivity index (χ0) is 8.97. The molecular weight excluding hydrogens is 224 g/mol. The highest BCUT2D eigenvalue weighted by Gasteiger charge is 1.98. The number of rotatable bonds is 3. The standard InChI is InChI=1S/C8H9BrO3/c9-6-1-3-7(4-2-6)12-5-8(10)11/h1-4,8,10-11H,5H2.